The molecule has 0 heterocycles. The number of aldehydes is 1. The van der Waals surface area contributed by atoms with E-state index in [9.17, 15) is 4.79 Å². The molecule has 3 nitrogen and oxygen atoms in total. The molecule has 4 aromatic carbocycles. The Morgan fingerprint density at radius 3 is 1.71 bits per heavy atom. The maximum absolute atomic E-state index is 12.1. The van der Waals surface area contributed by atoms with Gasteiger partial charge in [0.25, 0.3) is 0 Å². The lowest BCUT2D eigenvalue weighted by molar-refractivity contribution is 0.0509. The van der Waals surface area contributed by atoms with Gasteiger partial charge in [0, 0.05) is 12.7 Å². The van der Waals surface area contributed by atoms with Crippen LogP contribution in [0.25, 0.3) is 33.4 Å². The van der Waals surface area contributed by atoms with Crippen molar-refractivity contribution in [2.24, 2.45) is 0 Å². The highest BCUT2D eigenvalue weighted by Crippen LogP contribution is 2.40. The Balaban J connectivity index is 2.01. The van der Waals surface area contributed by atoms with E-state index in [2.05, 4.69) is 69.3 Å². The third-order valence-electron chi connectivity index (χ3n) is 5.89. The van der Waals surface area contributed by atoms with Gasteiger partial charge in [0.1, 0.15) is 5.75 Å². The fourth-order valence-corrected chi connectivity index (χ4v) is 4.04. The summed E-state index contributed by atoms with van der Waals surface area (Å²) in [5.74, 6) is 0.536. The molecular weight excluding hydrogens is 420 g/mol. The van der Waals surface area contributed by atoms with Gasteiger partial charge in [-0.05, 0) is 69.1 Å². The van der Waals surface area contributed by atoms with Gasteiger partial charge in [0.2, 0.25) is 0 Å². The maximum Gasteiger partial charge on any atom is 0.188 e. The molecule has 3 heteroatoms. The molecule has 34 heavy (non-hydrogen) atoms. The van der Waals surface area contributed by atoms with E-state index in [0.717, 1.165) is 45.2 Å². The van der Waals surface area contributed by atoms with Crippen LogP contribution >= 0.6 is 0 Å². The number of methoxy groups -OCH3 is 1. The first-order chi connectivity index (χ1) is 16.4. The predicted molar refractivity (Wildman–Crippen MR) is 139 cm³/mol. The predicted octanol–water partition coefficient (Wildman–Crippen LogP) is 7.78. The molecule has 0 aliphatic carbocycles. The lowest BCUT2D eigenvalue weighted by Crippen LogP contribution is -2.13. The van der Waals surface area contributed by atoms with E-state index >= 15 is 0 Å². The maximum atomic E-state index is 12.1. The molecule has 0 spiro atoms. The van der Waals surface area contributed by atoms with E-state index in [-0.39, 0.29) is 12.2 Å². The number of carbonyl (C=O) groups is 1. The van der Waals surface area contributed by atoms with Crippen molar-refractivity contribution in [1.82, 2.24) is 0 Å². The normalized spacial score (nSPS) is 11.3. The van der Waals surface area contributed by atoms with Gasteiger partial charge in [0.15, 0.2) is 13.1 Å². The minimum Gasteiger partial charge on any atom is -0.466 e. The van der Waals surface area contributed by atoms with Crippen LogP contribution < -0.4 is 4.74 Å². The topological polar surface area (TPSA) is 35.5 Å². The molecule has 0 N–H and O–H groups in total. The van der Waals surface area contributed by atoms with Gasteiger partial charge in [-0.15, -0.1) is 0 Å². The Labute approximate surface area is 202 Å². The monoisotopic (exact) mass is 450 g/mol. The molecular formula is C31H30O3. The molecule has 4 aromatic rings. The minimum absolute atomic E-state index is 0.0621. The summed E-state index contributed by atoms with van der Waals surface area (Å²) in [5.41, 5.74) is 7.78. The van der Waals surface area contributed by atoms with Crippen molar-refractivity contribution in [1.29, 1.82) is 0 Å². The van der Waals surface area contributed by atoms with Crippen molar-refractivity contribution in [3.05, 3.63) is 102 Å². The molecule has 0 saturated carbocycles. The molecule has 0 fully saturated rings. The highest BCUT2D eigenvalue weighted by Gasteiger charge is 2.21. The second-order valence-electron chi connectivity index (χ2n) is 9.39. The van der Waals surface area contributed by atoms with Crippen LogP contribution in [-0.4, -0.2) is 20.2 Å². The fourth-order valence-electron chi connectivity index (χ4n) is 4.04. The molecule has 0 unspecified atom stereocenters. The Morgan fingerprint density at radius 2 is 1.24 bits per heavy atom. The molecule has 4 rings (SSSR count). The molecule has 0 amide bonds. The largest absolute Gasteiger partial charge is 0.466 e. The van der Waals surface area contributed by atoms with E-state index < -0.39 is 0 Å². The zero-order valence-corrected chi connectivity index (χ0v) is 20.2. The van der Waals surface area contributed by atoms with Crippen LogP contribution in [0, 0.1) is 0 Å². The van der Waals surface area contributed by atoms with Crippen LogP contribution in [0.4, 0.5) is 0 Å². The standard InChI is InChI=1S/C31H30O3/c1-31(2,3)28-18-27(20-32)30(34-21-33-4)29(19-28)26-16-24(22-11-7-5-8-12-22)15-25(17-26)23-13-9-6-10-14-23/h5-20H,21H2,1-4H3. The number of hydrogen-bond acceptors (Lipinski definition) is 3. The summed E-state index contributed by atoms with van der Waals surface area (Å²) >= 11 is 0. The van der Waals surface area contributed by atoms with Crippen LogP contribution in [0.3, 0.4) is 0 Å². The summed E-state index contributed by atoms with van der Waals surface area (Å²) in [6.07, 6.45) is 0.864. The Kier molecular flexibility index (Phi) is 6.95. The molecule has 0 aromatic heterocycles. The summed E-state index contributed by atoms with van der Waals surface area (Å²) < 4.78 is 11.1. The number of ether oxygens (including phenoxy) is 2. The summed E-state index contributed by atoms with van der Waals surface area (Å²) in [5, 5.41) is 0. The number of hydrogen-bond donors (Lipinski definition) is 0. The van der Waals surface area contributed by atoms with Crippen molar-refractivity contribution in [3.8, 4) is 39.1 Å². The van der Waals surface area contributed by atoms with Crippen molar-refractivity contribution in [2.75, 3.05) is 13.9 Å². The Hall–Kier alpha value is -3.69. The average Bonchev–Trinajstić information content (AvgIpc) is 2.87. The van der Waals surface area contributed by atoms with E-state index in [1.807, 2.05) is 42.5 Å². The zero-order valence-electron chi connectivity index (χ0n) is 20.2. The molecule has 0 bridgehead atoms. The molecule has 0 atom stereocenters. The zero-order chi connectivity index (χ0) is 24.1. The lowest BCUT2D eigenvalue weighted by atomic mass is 9.83. The third kappa shape index (κ3) is 5.11. The Bertz CT molecular complexity index is 1210. The number of carbonyl (C=O) groups excluding carboxylic acids is 1. The van der Waals surface area contributed by atoms with Gasteiger partial charge in [-0.3, -0.25) is 4.79 Å². The van der Waals surface area contributed by atoms with Gasteiger partial charge in [-0.1, -0.05) is 81.4 Å². The van der Waals surface area contributed by atoms with Crippen LogP contribution in [-0.2, 0) is 10.2 Å². The van der Waals surface area contributed by atoms with Gasteiger partial charge in [-0.2, -0.15) is 0 Å². The first-order valence-corrected chi connectivity index (χ1v) is 11.4. The minimum atomic E-state index is -0.133. The second kappa shape index (κ2) is 10.1. The van der Waals surface area contributed by atoms with E-state index in [4.69, 9.17) is 9.47 Å². The first kappa shape index (κ1) is 23.5. The van der Waals surface area contributed by atoms with Gasteiger partial charge < -0.3 is 9.47 Å². The van der Waals surface area contributed by atoms with E-state index in [1.165, 1.54) is 0 Å². The summed E-state index contributed by atoms with van der Waals surface area (Å²) in [6.45, 7) is 6.50. The van der Waals surface area contributed by atoms with Crippen LogP contribution in [0.5, 0.6) is 5.75 Å². The SMILES string of the molecule is COCOc1c(C=O)cc(C(C)(C)C)cc1-c1cc(-c2ccccc2)cc(-c2ccccc2)c1. The van der Waals surface area contributed by atoms with E-state index in [1.54, 1.807) is 7.11 Å². The molecule has 0 aliphatic heterocycles. The molecule has 0 aliphatic rings. The number of rotatable bonds is 7. The van der Waals surface area contributed by atoms with Crippen molar-refractivity contribution < 1.29 is 14.3 Å². The summed E-state index contributed by atoms with van der Waals surface area (Å²) in [6, 6.07) is 31.2. The fraction of sp³-hybridized carbons (Fsp3) is 0.194. The van der Waals surface area contributed by atoms with Crippen LogP contribution in [0.1, 0.15) is 36.7 Å². The molecule has 172 valence electrons. The Morgan fingerprint density at radius 1 is 0.706 bits per heavy atom. The lowest BCUT2D eigenvalue weighted by Gasteiger charge is -2.23. The highest BCUT2D eigenvalue weighted by molar-refractivity contribution is 5.89. The molecule has 0 saturated heterocycles. The van der Waals surface area contributed by atoms with Crippen LogP contribution in [0.2, 0.25) is 0 Å². The quantitative estimate of drug-likeness (QED) is 0.213. The average molecular weight is 451 g/mol. The van der Waals surface area contributed by atoms with Crippen molar-refractivity contribution >= 4 is 6.29 Å². The van der Waals surface area contributed by atoms with Crippen LogP contribution in [0.15, 0.2) is 91.0 Å². The van der Waals surface area contributed by atoms with E-state index in [0.29, 0.717) is 11.3 Å². The summed E-state index contributed by atoms with van der Waals surface area (Å²) in [4.78, 5) is 12.1. The highest BCUT2D eigenvalue weighted by atomic mass is 16.7. The summed E-state index contributed by atoms with van der Waals surface area (Å²) in [7, 11) is 1.58. The van der Waals surface area contributed by atoms with Crippen molar-refractivity contribution in [2.45, 2.75) is 26.2 Å². The van der Waals surface area contributed by atoms with Gasteiger partial charge >= 0.3 is 0 Å². The van der Waals surface area contributed by atoms with Crippen molar-refractivity contribution in [3.63, 3.8) is 0 Å². The van der Waals surface area contributed by atoms with Gasteiger partial charge in [-0.25, -0.2) is 0 Å². The van der Waals surface area contributed by atoms with Gasteiger partial charge in [0.05, 0.1) is 5.56 Å². The second-order valence-corrected chi connectivity index (χ2v) is 9.39. The third-order valence-corrected chi connectivity index (χ3v) is 5.89. The number of benzene rings is 4. The molecule has 0 radical (unpaired) electrons. The first-order valence-electron chi connectivity index (χ1n) is 11.4. The smallest absolute Gasteiger partial charge is 0.188 e.